The third-order valence-electron chi connectivity index (χ3n) is 4.08. The van der Waals surface area contributed by atoms with Crippen LogP contribution in [-0.2, 0) is 35.5 Å². The summed E-state index contributed by atoms with van der Waals surface area (Å²) in [4.78, 5) is 0. The van der Waals surface area contributed by atoms with E-state index in [-0.39, 0.29) is 50.8 Å². The van der Waals surface area contributed by atoms with Crippen molar-refractivity contribution in [1.29, 1.82) is 0 Å². The van der Waals surface area contributed by atoms with Crippen molar-refractivity contribution in [2.45, 2.75) is 26.1 Å². The van der Waals surface area contributed by atoms with Gasteiger partial charge < -0.3 is 34.6 Å². The molecule has 2 aromatic rings. The largest absolute Gasteiger partial charge is 0.507 e. The number of phenolic OH excluding ortho intramolecular Hbond substituents is 2. The molecule has 2 aromatic carbocycles. The average molecular weight is 378 g/mol. The van der Waals surface area contributed by atoms with Crippen molar-refractivity contribution in [2.24, 2.45) is 0 Å². The van der Waals surface area contributed by atoms with Crippen LogP contribution in [0, 0.1) is 0 Å². The molecule has 0 saturated carbocycles. The summed E-state index contributed by atoms with van der Waals surface area (Å²) < 4.78 is 16.2. The standard InChI is InChI=1S/C20H26O7/c1-25-11-15-9-18(10-16(12-26-2)20(15)24)27-17-7-13(3-5-21)19(23)14(8-17)4-6-22/h7-10,21-24H,3-6,11-12H2,1-2H3. The van der Waals surface area contributed by atoms with E-state index in [1.165, 1.54) is 14.2 Å². The molecule has 4 N–H and O–H groups in total. The molecular weight excluding hydrogens is 352 g/mol. The first-order chi connectivity index (χ1) is 13.0. The third-order valence-corrected chi connectivity index (χ3v) is 4.08. The van der Waals surface area contributed by atoms with Gasteiger partial charge in [0.05, 0.1) is 13.2 Å². The molecule has 2 rings (SSSR count). The first-order valence-electron chi connectivity index (χ1n) is 8.61. The predicted octanol–water partition coefficient (Wildman–Crippen LogP) is 2.25. The van der Waals surface area contributed by atoms with Gasteiger partial charge in [0, 0.05) is 49.7 Å². The Kier molecular flexibility index (Phi) is 7.87. The molecular formula is C20H26O7. The quantitative estimate of drug-likeness (QED) is 0.502. The van der Waals surface area contributed by atoms with Crippen molar-refractivity contribution in [3.05, 3.63) is 46.5 Å². The number of methoxy groups -OCH3 is 2. The van der Waals surface area contributed by atoms with Gasteiger partial charge in [0.15, 0.2) is 0 Å². The highest BCUT2D eigenvalue weighted by Gasteiger charge is 2.14. The van der Waals surface area contributed by atoms with Crippen LogP contribution in [-0.4, -0.2) is 47.9 Å². The van der Waals surface area contributed by atoms with Crippen LogP contribution in [0.4, 0.5) is 0 Å². The van der Waals surface area contributed by atoms with Crippen molar-refractivity contribution in [3.8, 4) is 23.0 Å². The number of aliphatic hydroxyl groups is 2. The summed E-state index contributed by atoms with van der Waals surface area (Å²) >= 11 is 0. The van der Waals surface area contributed by atoms with Crippen LogP contribution >= 0.6 is 0 Å². The zero-order valence-electron chi connectivity index (χ0n) is 15.6. The molecule has 0 bridgehead atoms. The minimum Gasteiger partial charge on any atom is -0.507 e. The molecule has 0 aromatic heterocycles. The van der Waals surface area contributed by atoms with Crippen molar-refractivity contribution in [1.82, 2.24) is 0 Å². The number of phenols is 2. The van der Waals surface area contributed by atoms with Crippen LogP contribution in [0.1, 0.15) is 22.3 Å². The number of ether oxygens (including phenoxy) is 3. The van der Waals surface area contributed by atoms with E-state index in [1.807, 2.05) is 0 Å². The molecule has 7 nitrogen and oxygen atoms in total. The Bertz CT molecular complexity index is 640. The van der Waals surface area contributed by atoms with Crippen molar-refractivity contribution in [3.63, 3.8) is 0 Å². The molecule has 7 heteroatoms. The van der Waals surface area contributed by atoms with Crippen LogP contribution in [0.2, 0.25) is 0 Å². The fourth-order valence-corrected chi connectivity index (χ4v) is 2.86. The highest BCUT2D eigenvalue weighted by atomic mass is 16.5. The van der Waals surface area contributed by atoms with Crippen molar-refractivity contribution < 1.29 is 34.6 Å². The van der Waals surface area contributed by atoms with Gasteiger partial charge in [-0.15, -0.1) is 0 Å². The summed E-state index contributed by atoms with van der Waals surface area (Å²) in [5.41, 5.74) is 2.19. The molecule has 148 valence electrons. The Balaban J connectivity index is 2.42. The molecule has 0 atom stereocenters. The van der Waals surface area contributed by atoms with E-state index < -0.39 is 0 Å². The average Bonchev–Trinajstić information content (AvgIpc) is 2.63. The maximum Gasteiger partial charge on any atom is 0.128 e. The van der Waals surface area contributed by atoms with Crippen LogP contribution in [0.15, 0.2) is 24.3 Å². The molecule has 0 radical (unpaired) electrons. The van der Waals surface area contributed by atoms with E-state index in [0.29, 0.717) is 33.8 Å². The van der Waals surface area contributed by atoms with E-state index in [4.69, 9.17) is 14.2 Å². The van der Waals surface area contributed by atoms with E-state index in [0.717, 1.165) is 0 Å². The minimum atomic E-state index is -0.120. The molecule has 0 amide bonds. The second kappa shape index (κ2) is 10.1. The summed E-state index contributed by atoms with van der Waals surface area (Å²) in [7, 11) is 3.07. The molecule has 0 heterocycles. The number of hydrogen-bond donors (Lipinski definition) is 4. The lowest BCUT2D eigenvalue weighted by atomic mass is 10.0. The fraction of sp³-hybridized carbons (Fsp3) is 0.400. The van der Waals surface area contributed by atoms with E-state index in [2.05, 4.69) is 0 Å². The zero-order chi connectivity index (χ0) is 19.8. The molecule has 0 aliphatic heterocycles. The normalized spacial score (nSPS) is 11.0. The number of aliphatic hydroxyl groups excluding tert-OH is 2. The third kappa shape index (κ3) is 5.33. The SMILES string of the molecule is COCc1cc(Oc2cc(CCO)c(O)c(CCO)c2)cc(COC)c1O. The Morgan fingerprint density at radius 3 is 1.41 bits per heavy atom. The van der Waals surface area contributed by atoms with Gasteiger partial charge in [-0.1, -0.05) is 0 Å². The van der Waals surface area contributed by atoms with Crippen molar-refractivity contribution >= 4 is 0 Å². The van der Waals surface area contributed by atoms with Gasteiger partial charge in [0.2, 0.25) is 0 Å². The maximum atomic E-state index is 10.3. The molecule has 0 aliphatic rings. The number of aromatic hydroxyl groups is 2. The van der Waals surface area contributed by atoms with E-state index in [1.54, 1.807) is 24.3 Å². The van der Waals surface area contributed by atoms with Crippen LogP contribution in [0.25, 0.3) is 0 Å². The molecule has 0 aliphatic carbocycles. The maximum absolute atomic E-state index is 10.3. The minimum absolute atomic E-state index is 0.0521. The number of hydrogen-bond acceptors (Lipinski definition) is 7. The van der Waals surface area contributed by atoms with Crippen molar-refractivity contribution in [2.75, 3.05) is 27.4 Å². The first-order valence-corrected chi connectivity index (χ1v) is 8.61. The topological polar surface area (TPSA) is 109 Å². The lowest BCUT2D eigenvalue weighted by molar-refractivity contribution is 0.174. The van der Waals surface area contributed by atoms with Crippen LogP contribution in [0.3, 0.4) is 0 Å². The Hall–Kier alpha value is -2.32. The van der Waals surface area contributed by atoms with Crippen LogP contribution < -0.4 is 4.74 Å². The summed E-state index contributed by atoms with van der Waals surface area (Å²) in [5, 5.41) is 39.0. The van der Waals surface area contributed by atoms with E-state index >= 15 is 0 Å². The number of rotatable bonds is 10. The molecule has 0 spiro atoms. The van der Waals surface area contributed by atoms with Gasteiger partial charge >= 0.3 is 0 Å². The Morgan fingerprint density at radius 2 is 1.04 bits per heavy atom. The highest BCUT2D eigenvalue weighted by Crippen LogP contribution is 2.35. The molecule has 0 saturated heterocycles. The van der Waals surface area contributed by atoms with Gasteiger partial charge in [-0.05, 0) is 37.1 Å². The Labute approximate surface area is 158 Å². The Morgan fingerprint density at radius 1 is 0.667 bits per heavy atom. The summed E-state index contributed by atoms with van der Waals surface area (Å²) in [6, 6.07) is 6.63. The lowest BCUT2D eigenvalue weighted by Crippen LogP contribution is -2.00. The second-order valence-corrected chi connectivity index (χ2v) is 6.10. The number of benzene rings is 2. The van der Waals surface area contributed by atoms with Gasteiger partial charge in [-0.25, -0.2) is 0 Å². The van der Waals surface area contributed by atoms with Gasteiger partial charge in [-0.2, -0.15) is 0 Å². The van der Waals surface area contributed by atoms with Gasteiger partial charge in [-0.3, -0.25) is 0 Å². The molecule has 0 unspecified atom stereocenters. The fourth-order valence-electron chi connectivity index (χ4n) is 2.86. The molecule has 27 heavy (non-hydrogen) atoms. The predicted molar refractivity (Wildman–Crippen MR) is 99.3 cm³/mol. The van der Waals surface area contributed by atoms with Gasteiger partial charge in [0.25, 0.3) is 0 Å². The monoisotopic (exact) mass is 378 g/mol. The summed E-state index contributed by atoms with van der Waals surface area (Å²) in [6.07, 6.45) is 0.530. The van der Waals surface area contributed by atoms with Crippen LogP contribution in [0.5, 0.6) is 23.0 Å². The highest BCUT2D eigenvalue weighted by molar-refractivity contribution is 5.50. The summed E-state index contributed by atoms with van der Waals surface area (Å²) in [5.74, 6) is 1.08. The second-order valence-electron chi connectivity index (χ2n) is 6.10. The molecule has 0 fully saturated rings. The summed E-state index contributed by atoms with van der Waals surface area (Å²) in [6.45, 7) is 0.178. The zero-order valence-corrected chi connectivity index (χ0v) is 15.6. The smallest absolute Gasteiger partial charge is 0.128 e. The lowest BCUT2D eigenvalue weighted by Gasteiger charge is -2.15. The first kappa shape index (κ1) is 21.0. The van der Waals surface area contributed by atoms with Gasteiger partial charge in [0.1, 0.15) is 23.0 Å². The van der Waals surface area contributed by atoms with E-state index in [9.17, 15) is 20.4 Å².